The zero-order valence-corrected chi connectivity index (χ0v) is 19.3. The summed E-state index contributed by atoms with van der Waals surface area (Å²) in [7, 11) is 0. The van der Waals surface area contributed by atoms with Gasteiger partial charge in [-0.15, -0.1) is 0 Å². The number of nitrogens with two attached hydrogens (primary N) is 1. The van der Waals surface area contributed by atoms with Crippen LogP contribution in [-0.2, 0) is 16.1 Å². The van der Waals surface area contributed by atoms with E-state index in [4.69, 9.17) is 19.9 Å². The van der Waals surface area contributed by atoms with Gasteiger partial charge in [0.15, 0.2) is 17.3 Å². The second-order valence-electron chi connectivity index (χ2n) is 7.57. The van der Waals surface area contributed by atoms with Crippen LogP contribution in [0.25, 0.3) is 0 Å². The van der Waals surface area contributed by atoms with Crippen molar-refractivity contribution in [2.75, 3.05) is 6.61 Å². The fourth-order valence-electron chi connectivity index (χ4n) is 4.06. The predicted octanol–water partition coefficient (Wildman–Crippen LogP) is 5.24. The monoisotopic (exact) mass is 494 g/mol. The zero-order valence-electron chi connectivity index (χ0n) is 17.7. The normalized spacial score (nSPS) is 18.0. The molecule has 0 bridgehead atoms. The number of nitriles is 1. The molecule has 2 aromatic carbocycles. The molecule has 2 aliphatic rings. The maximum atomic E-state index is 12.8. The fraction of sp³-hybridized carbons (Fsp3) is 0.280. The van der Waals surface area contributed by atoms with Crippen LogP contribution in [0.15, 0.2) is 69.7 Å². The number of ketones is 1. The van der Waals surface area contributed by atoms with Crippen molar-refractivity contribution in [2.24, 2.45) is 5.73 Å². The van der Waals surface area contributed by atoms with Gasteiger partial charge < -0.3 is 19.9 Å². The summed E-state index contributed by atoms with van der Waals surface area (Å²) >= 11 is 3.62. The molecular weight excluding hydrogens is 472 g/mol. The molecule has 1 unspecified atom stereocenters. The smallest absolute Gasteiger partial charge is 0.205 e. The highest BCUT2D eigenvalue weighted by atomic mass is 79.9. The zero-order chi connectivity index (χ0) is 22.7. The summed E-state index contributed by atoms with van der Waals surface area (Å²) in [6, 6.07) is 15.6. The number of Topliss-reactive ketones (excluding diaryl/α,β-unsaturated/α-hetero) is 1. The average molecular weight is 495 g/mol. The van der Waals surface area contributed by atoms with E-state index in [9.17, 15) is 10.1 Å². The van der Waals surface area contributed by atoms with Gasteiger partial charge >= 0.3 is 0 Å². The van der Waals surface area contributed by atoms with Crippen molar-refractivity contribution in [1.82, 2.24) is 0 Å². The Balaban J connectivity index is 1.77. The summed E-state index contributed by atoms with van der Waals surface area (Å²) < 4.78 is 18.3. The molecule has 0 saturated carbocycles. The van der Waals surface area contributed by atoms with Crippen molar-refractivity contribution in [3.8, 4) is 17.6 Å². The molecule has 0 aromatic heterocycles. The molecule has 0 spiro atoms. The maximum absolute atomic E-state index is 12.8. The Morgan fingerprint density at radius 3 is 2.66 bits per heavy atom. The lowest BCUT2D eigenvalue weighted by atomic mass is 9.77. The van der Waals surface area contributed by atoms with E-state index >= 15 is 0 Å². The number of halogens is 1. The molecule has 1 aliphatic carbocycles. The number of rotatable bonds is 6. The maximum Gasteiger partial charge on any atom is 0.205 e. The molecule has 6 nitrogen and oxygen atoms in total. The van der Waals surface area contributed by atoms with E-state index in [0.29, 0.717) is 65.3 Å². The molecule has 164 valence electrons. The topological polar surface area (TPSA) is 94.6 Å². The summed E-state index contributed by atoms with van der Waals surface area (Å²) in [6.07, 6.45) is 1.74. The molecule has 32 heavy (non-hydrogen) atoms. The molecule has 1 aliphatic heterocycles. The molecule has 7 heteroatoms. The minimum atomic E-state index is -0.617. The van der Waals surface area contributed by atoms with Crippen molar-refractivity contribution in [2.45, 2.75) is 38.7 Å². The van der Waals surface area contributed by atoms with E-state index in [2.05, 4.69) is 22.0 Å². The van der Waals surface area contributed by atoms with Gasteiger partial charge in [0.25, 0.3) is 0 Å². The first-order chi connectivity index (χ1) is 15.5. The molecule has 0 saturated heterocycles. The Bertz CT molecular complexity index is 1150. The first-order valence-corrected chi connectivity index (χ1v) is 11.3. The minimum Gasteiger partial charge on any atom is -0.490 e. The molecule has 2 aromatic rings. The van der Waals surface area contributed by atoms with Gasteiger partial charge in [0, 0.05) is 22.9 Å². The molecule has 0 fully saturated rings. The van der Waals surface area contributed by atoms with E-state index in [1.807, 2.05) is 49.4 Å². The molecule has 4 rings (SSSR count). The third-order valence-corrected chi connectivity index (χ3v) is 6.20. The van der Waals surface area contributed by atoms with Crippen molar-refractivity contribution < 1.29 is 19.0 Å². The summed E-state index contributed by atoms with van der Waals surface area (Å²) in [5.41, 5.74) is 8.55. The van der Waals surface area contributed by atoms with E-state index in [-0.39, 0.29) is 17.2 Å². The molecule has 0 radical (unpaired) electrons. The van der Waals surface area contributed by atoms with Crippen LogP contribution in [-0.4, -0.2) is 12.4 Å². The Hall–Kier alpha value is -3.24. The van der Waals surface area contributed by atoms with Crippen molar-refractivity contribution in [1.29, 1.82) is 5.26 Å². The number of nitrogens with zero attached hydrogens (tertiary/aromatic N) is 1. The van der Waals surface area contributed by atoms with E-state index in [1.54, 1.807) is 0 Å². The Kier molecular flexibility index (Phi) is 6.52. The van der Waals surface area contributed by atoms with Crippen molar-refractivity contribution in [3.05, 3.63) is 80.9 Å². The largest absolute Gasteiger partial charge is 0.490 e. The average Bonchev–Trinajstić information content (AvgIpc) is 2.79. The summed E-state index contributed by atoms with van der Waals surface area (Å²) in [5, 5.41) is 9.83. The number of ether oxygens (including phenoxy) is 3. The molecular formula is C25H23BrN2O4. The molecule has 1 atom stereocenters. The number of hydrogen-bond acceptors (Lipinski definition) is 6. The third kappa shape index (κ3) is 4.23. The van der Waals surface area contributed by atoms with Gasteiger partial charge in [-0.25, -0.2) is 0 Å². The highest BCUT2D eigenvalue weighted by Crippen LogP contribution is 2.47. The number of carbonyl (C=O) groups is 1. The van der Waals surface area contributed by atoms with E-state index in [0.717, 1.165) is 5.56 Å². The van der Waals surface area contributed by atoms with Crippen LogP contribution in [0.4, 0.5) is 0 Å². The van der Waals surface area contributed by atoms with Crippen LogP contribution in [0.5, 0.6) is 11.5 Å². The van der Waals surface area contributed by atoms with Gasteiger partial charge in [-0.05, 0) is 36.6 Å². The summed E-state index contributed by atoms with van der Waals surface area (Å²) in [5.74, 6) is 1.06. The first kappa shape index (κ1) is 22.0. The van der Waals surface area contributed by atoms with Crippen LogP contribution < -0.4 is 15.2 Å². The van der Waals surface area contributed by atoms with Gasteiger partial charge in [0.05, 0.1) is 12.5 Å². The first-order valence-electron chi connectivity index (χ1n) is 10.5. The van der Waals surface area contributed by atoms with Crippen LogP contribution in [0.2, 0.25) is 0 Å². The van der Waals surface area contributed by atoms with Crippen LogP contribution in [0, 0.1) is 11.3 Å². The van der Waals surface area contributed by atoms with Gasteiger partial charge in [-0.1, -0.05) is 46.3 Å². The Labute approximate surface area is 195 Å². The number of hydrogen-bond donors (Lipinski definition) is 1. The number of carbonyl (C=O) groups excluding carboxylic acids is 1. The predicted molar refractivity (Wildman–Crippen MR) is 123 cm³/mol. The summed E-state index contributed by atoms with van der Waals surface area (Å²) in [6.45, 7) is 2.71. The lowest BCUT2D eigenvalue weighted by molar-refractivity contribution is -0.116. The number of benzene rings is 2. The van der Waals surface area contributed by atoms with E-state index in [1.165, 1.54) is 0 Å². The lowest BCUT2D eigenvalue weighted by Gasteiger charge is -2.31. The minimum absolute atomic E-state index is 0.0224. The van der Waals surface area contributed by atoms with Gasteiger partial charge in [-0.3, -0.25) is 4.79 Å². The third-order valence-electron chi connectivity index (χ3n) is 5.52. The lowest BCUT2D eigenvalue weighted by Crippen LogP contribution is -2.27. The van der Waals surface area contributed by atoms with Crippen LogP contribution in [0.3, 0.4) is 0 Å². The van der Waals surface area contributed by atoms with Gasteiger partial charge in [0.1, 0.15) is 24.0 Å². The molecule has 0 amide bonds. The van der Waals surface area contributed by atoms with Crippen molar-refractivity contribution >= 4 is 21.7 Å². The highest BCUT2D eigenvalue weighted by molar-refractivity contribution is 9.10. The van der Waals surface area contributed by atoms with Crippen LogP contribution in [0.1, 0.15) is 43.2 Å². The highest BCUT2D eigenvalue weighted by Gasteiger charge is 2.39. The van der Waals surface area contributed by atoms with E-state index < -0.39 is 5.92 Å². The fourth-order valence-corrected chi connectivity index (χ4v) is 4.61. The quantitative estimate of drug-likeness (QED) is 0.589. The Morgan fingerprint density at radius 2 is 1.94 bits per heavy atom. The molecule has 1 heterocycles. The van der Waals surface area contributed by atoms with Crippen molar-refractivity contribution in [3.63, 3.8) is 0 Å². The van der Waals surface area contributed by atoms with Gasteiger partial charge in [0.2, 0.25) is 5.88 Å². The Morgan fingerprint density at radius 1 is 1.19 bits per heavy atom. The number of allylic oxidation sites excluding steroid dienone is 3. The standard InChI is InChI=1S/C25H23BrN2O4/c1-2-30-21-11-16(18(26)12-22(21)31-14-15-7-4-3-5-8-15)23-17(13-27)25(28)32-20-10-6-9-19(29)24(20)23/h3-5,7-8,11-12,23H,2,6,9-10,14,28H2,1H3. The summed E-state index contributed by atoms with van der Waals surface area (Å²) in [4.78, 5) is 12.8. The SMILES string of the molecule is CCOc1cc(C2C(C#N)=C(N)OC3=C2C(=O)CCC3)c(Br)cc1OCc1ccccc1. The molecule has 2 N–H and O–H groups in total. The second-order valence-corrected chi connectivity index (χ2v) is 8.42. The second kappa shape index (κ2) is 9.49. The van der Waals surface area contributed by atoms with Gasteiger partial charge in [-0.2, -0.15) is 5.26 Å². The van der Waals surface area contributed by atoms with Crippen LogP contribution >= 0.6 is 15.9 Å².